The number of nitriles is 1. The van der Waals surface area contributed by atoms with Crippen LogP contribution in [0.1, 0.15) is 30.7 Å². The molecule has 0 atom stereocenters. The molecule has 1 N–H and O–H groups in total. The van der Waals surface area contributed by atoms with Gasteiger partial charge in [-0.3, -0.25) is 4.79 Å². The van der Waals surface area contributed by atoms with Gasteiger partial charge in [-0.15, -0.1) is 11.3 Å². The van der Waals surface area contributed by atoms with E-state index in [4.69, 9.17) is 0 Å². The molecule has 2 heterocycles. The van der Waals surface area contributed by atoms with E-state index in [1.54, 1.807) is 0 Å². The number of benzene rings is 2. The molecule has 0 bridgehead atoms. The highest BCUT2D eigenvalue weighted by molar-refractivity contribution is 8.04. The molecule has 1 amide bonds. The average Bonchev–Trinajstić information content (AvgIpc) is 3.04. The van der Waals surface area contributed by atoms with E-state index >= 15 is 0 Å². The molecule has 2 aromatic carbocycles. The van der Waals surface area contributed by atoms with Crippen LogP contribution in [0.3, 0.4) is 0 Å². The minimum absolute atomic E-state index is 0.0231. The summed E-state index contributed by atoms with van der Waals surface area (Å²) in [5, 5.41) is 13.7. The number of para-hydroxylation sites is 1. The summed E-state index contributed by atoms with van der Waals surface area (Å²) in [6.45, 7) is 1.45. The van der Waals surface area contributed by atoms with E-state index < -0.39 is 11.6 Å². The first-order chi connectivity index (χ1) is 16.0. The van der Waals surface area contributed by atoms with Gasteiger partial charge in [-0.05, 0) is 37.1 Å². The van der Waals surface area contributed by atoms with Crippen molar-refractivity contribution in [3.63, 3.8) is 0 Å². The van der Waals surface area contributed by atoms with Gasteiger partial charge in [0, 0.05) is 19.2 Å². The van der Waals surface area contributed by atoms with Crippen LogP contribution >= 0.6 is 23.1 Å². The molecule has 1 aliphatic heterocycles. The van der Waals surface area contributed by atoms with Gasteiger partial charge >= 0.3 is 0 Å². The molecule has 1 aliphatic rings. The SMILES string of the molecule is N#CC(=C(Nc1ccc(F)cc1F)SCC(=O)N1CCCCCC1)c1nc2ccccc2s1. The molecule has 0 unspecified atom stereocenters. The first-order valence-corrected chi connectivity index (χ1v) is 12.5. The summed E-state index contributed by atoms with van der Waals surface area (Å²) in [6.07, 6.45) is 4.19. The fraction of sp³-hybridized carbons (Fsp3) is 0.292. The molecular weight excluding hydrogens is 462 g/mol. The maximum atomic E-state index is 14.4. The number of carbonyl (C=O) groups excluding carboxylic acids is 1. The summed E-state index contributed by atoms with van der Waals surface area (Å²) in [5.74, 6) is -1.41. The Labute approximate surface area is 199 Å². The highest BCUT2D eigenvalue weighted by Crippen LogP contribution is 2.34. The maximum absolute atomic E-state index is 14.4. The third-order valence-corrected chi connectivity index (χ3v) is 7.36. The number of aromatic nitrogens is 1. The smallest absolute Gasteiger partial charge is 0.232 e. The Bertz CT molecular complexity index is 1190. The number of fused-ring (bicyclic) bond motifs is 1. The van der Waals surface area contributed by atoms with Gasteiger partial charge in [0.15, 0.2) is 0 Å². The molecule has 3 aromatic rings. The van der Waals surface area contributed by atoms with Crippen molar-refractivity contribution in [2.24, 2.45) is 0 Å². The molecule has 1 fully saturated rings. The predicted octanol–water partition coefficient (Wildman–Crippen LogP) is 6.01. The molecule has 0 aliphatic carbocycles. The second-order valence-corrected chi connectivity index (χ2v) is 9.65. The van der Waals surface area contributed by atoms with Gasteiger partial charge in [-0.1, -0.05) is 36.7 Å². The van der Waals surface area contributed by atoms with Crippen LogP contribution in [-0.2, 0) is 4.79 Å². The molecule has 5 nitrogen and oxygen atoms in total. The molecular formula is C24H22F2N4OS2. The number of hydrogen-bond acceptors (Lipinski definition) is 6. The van der Waals surface area contributed by atoms with Gasteiger partial charge < -0.3 is 10.2 Å². The zero-order valence-electron chi connectivity index (χ0n) is 17.8. The van der Waals surface area contributed by atoms with Crippen molar-refractivity contribution in [3.8, 4) is 6.07 Å². The van der Waals surface area contributed by atoms with E-state index in [1.165, 1.54) is 17.4 Å². The lowest BCUT2D eigenvalue weighted by atomic mass is 10.2. The second kappa shape index (κ2) is 10.8. The van der Waals surface area contributed by atoms with Gasteiger partial charge in [-0.2, -0.15) is 5.26 Å². The normalized spacial score (nSPS) is 15.0. The monoisotopic (exact) mass is 484 g/mol. The summed E-state index contributed by atoms with van der Waals surface area (Å²) in [7, 11) is 0. The number of nitrogens with one attached hydrogen (secondary N) is 1. The molecule has 33 heavy (non-hydrogen) atoms. The summed E-state index contributed by atoms with van der Waals surface area (Å²) < 4.78 is 28.7. The van der Waals surface area contributed by atoms with Gasteiger partial charge in [0.1, 0.15) is 28.3 Å². The van der Waals surface area contributed by atoms with Crippen LogP contribution in [0.2, 0.25) is 0 Å². The van der Waals surface area contributed by atoms with Crippen molar-refractivity contribution in [3.05, 3.63) is 64.1 Å². The van der Waals surface area contributed by atoms with Crippen LogP contribution in [-0.4, -0.2) is 34.6 Å². The van der Waals surface area contributed by atoms with Gasteiger partial charge in [0.05, 0.1) is 26.7 Å². The Morgan fingerprint density at radius 3 is 2.61 bits per heavy atom. The van der Waals surface area contributed by atoms with Crippen molar-refractivity contribution < 1.29 is 13.6 Å². The lowest BCUT2D eigenvalue weighted by Crippen LogP contribution is -2.33. The largest absolute Gasteiger partial charge is 0.347 e. The number of thiazole rings is 1. The molecule has 0 radical (unpaired) electrons. The van der Waals surface area contributed by atoms with Crippen LogP contribution in [0.4, 0.5) is 14.5 Å². The molecule has 0 spiro atoms. The number of carbonyl (C=O) groups is 1. The molecule has 4 rings (SSSR count). The van der Waals surface area contributed by atoms with Crippen molar-refractivity contribution in [1.82, 2.24) is 9.88 Å². The van der Waals surface area contributed by atoms with Crippen molar-refractivity contribution in [2.75, 3.05) is 24.2 Å². The van der Waals surface area contributed by atoms with E-state index in [9.17, 15) is 18.8 Å². The van der Waals surface area contributed by atoms with Crippen molar-refractivity contribution in [2.45, 2.75) is 25.7 Å². The number of anilines is 1. The Kier molecular flexibility index (Phi) is 7.57. The quantitative estimate of drug-likeness (QED) is 0.434. The number of nitrogens with zero attached hydrogens (tertiary/aromatic N) is 3. The summed E-state index contributed by atoms with van der Waals surface area (Å²) in [5.41, 5.74) is 0.992. The van der Waals surface area contributed by atoms with Crippen molar-refractivity contribution in [1.29, 1.82) is 5.26 Å². The fourth-order valence-corrected chi connectivity index (χ4v) is 5.55. The van der Waals surface area contributed by atoms with Crippen LogP contribution < -0.4 is 5.32 Å². The molecule has 0 saturated carbocycles. The Hall–Kier alpha value is -2.96. The molecule has 1 saturated heterocycles. The first-order valence-electron chi connectivity index (χ1n) is 10.7. The first kappa shape index (κ1) is 23.2. The van der Waals surface area contributed by atoms with Crippen LogP contribution in [0.5, 0.6) is 0 Å². The summed E-state index contributed by atoms with van der Waals surface area (Å²) >= 11 is 2.48. The molecule has 170 valence electrons. The van der Waals surface area contributed by atoms with Gasteiger partial charge in [-0.25, -0.2) is 13.8 Å². The second-order valence-electron chi connectivity index (χ2n) is 7.64. The Morgan fingerprint density at radius 2 is 1.91 bits per heavy atom. The average molecular weight is 485 g/mol. The minimum Gasteiger partial charge on any atom is -0.347 e. The number of halogens is 2. The van der Waals surface area contributed by atoms with Gasteiger partial charge in [0.25, 0.3) is 0 Å². The molecule has 9 heteroatoms. The lowest BCUT2D eigenvalue weighted by molar-refractivity contribution is -0.128. The summed E-state index contributed by atoms with van der Waals surface area (Å²) in [6, 6.07) is 12.9. The highest BCUT2D eigenvalue weighted by Gasteiger charge is 2.20. The van der Waals surface area contributed by atoms with E-state index in [-0.39, 0.29) is 22.9 Å². The number of hydrogen-bond donors (Lipinski definition) is 1. The third-order valence-electron chi connectivity index (χ3n) is 5.32. The number of thioether (sulfide) groups is 1. The highest BCUT2D eigenvalue weighted by atomic mass is 32.2. The fourth-order valence-electron chi connectivity index (χ4n) is 3.60. The number of allylic oxidation sites excluding steroid dienone is 1. The lowest BCUT2D eigenvalue weighted by Gasteiger charge is -2.21. The number of rotatable bonds is 6. The van der Waals surface area contributed by atoms with E-state index in [0.29, 0.717) is 10.0 Å². The van der Waals surface area contributed by atoms with Gasteiger partial charge in [0.2, 0.25) is 5.91 Å². The van der Waals surface area contributed by atoms with E-state index in [2.05, 4.69) is 16.4 Å². The topological polar surface area (TPSA) is 69.0 Å². The Balaban J connectivity index is 1.66. The maximum Gasteiger partial charge on any atom is 0.232 e. The van der Waals surface area contributed by atoms with E-state index in [1.807, 2.05) is 29.2 Å². The standard InChI is InChI=1S/C24H22F2N4OS2/c25-16-9-10-19(18(26)13-16)28-23(32-15-22(31)30-11-5-1-2-6-12-30)17(14-27)24-29-20-7-3-4-8-21(20)33-24/h3-4,7-10,13,28H,1-2,5-6,11-12,15H2. The number of likely N-dealkylation sites (tertiary alicyclic amines) is 1. The predicted molar refractivity (Wildman–Crippen MR) is 130 cm³/mol. The third kappa shape index (κ3) is 5.70. The van der Waals surface area contributed by atoms with Crippen molar-refractivity contribution >= 4 is 50.5 Å². The number of amides is 1. The van der Waals surface area contributed by atoms with E-state index in [0.717, 1.165) is 72.9 Å². The van der Waals surface area contributed by atoms with Crippen LogP contribution in [0.15, 0.2) is 47.5 Å². The minimum atomic E-state index is -0.784. The Morgan fingerprint density at radius 1 is 1.15 bits per heavy atom. The van der Waals surface area contributed by atoms with Crippen LogP contribution in [0, 0.1) is 23.0 Å². The zero-order chi connectivity index (χ0) is 23.2. The molecule has 1 aromatic heterocycles. The van der Waals surface area contributed by atoms with Crippen LogP contribution in [0.25, 0.3) is 15.8 Å². The zero-order valence-corrected chi connectivity index (χ0v) is 19.4. The summed E-state index contributed by atoms with van der Waals surface area (Å²) in [4.78, 5) is 19.2.